The largest absolute Gasteiger partial charge is 0.330 e. The number of hydrogen-bond donors (Lipinski definition) is 1. The summed E-state index contributed by atoms with van der Waals surface area (Å²) in [5.41, 5.74) is 9.45. The van der Waals surface area contributed by atoms with Gasteiger partial charge in [0, 0.05) is 24.6 Å². The van der Waals surface area contributed by atoms with Crippen molar-refractivity contribution in [1.29, 1.82) is 0 Å². The van der Waals surface area contributed by atoms with Gasteiger partial charge in [-0.1, -0.05) is 13.0 Å². The molecule has 2 aromatic heterocycles. The first-order chi connectivity index (χ1) is 8.20. The van der Waals surface area contributed by atoms with E-state index in [0.717, 1.165) is 5.69 Å². The lowest BCUT2D eigenvalue weighted by atomic mass is 10.1. The van der Waals surface area contributed by atoms with Gasteiger partial charge in [0.25, 0.3) is 0 Å². The van der Waals surface area contributed by atoms with Crippen molar-refractivity contribution < 1.29 is 0 Å². The normalized spacial score (nSPS) is 17.6. The SMILES string of the molecule is Cc1ccc2c(C(C)CN)nc(C3CC3)n2c1. The zero-order valence-electron chi connectivity index (χ0n) is 10.5. The predicted octanol–water partition coefficient (Wildman–Crippen LogP) is 2.58. The van der Waals surface area contributed by atoms with Crippen molar-refractivity contribution >= 4 is 5.52 Å². The van der Waals surface area contributed by atoms with Crippen molar-refractivity contribution in [2.24, 2.45) is 5.73 Å². The Morgan fingerprint density at radius 3 is 2.88 bits per heavy atom. The zero-order valence-corrected chi connectivity index (χ0v) is 10.5. The Labute approximate surface area is 102 Å². The highest BCUT2D eigenvalue weighted by Gasteiger charge is 2.29. The molecule has 0 spiro atoms. The summed E-state index contributed by atoms with van der Waals surface area (Å²) in [4.78, 5) is 4.85. The van der Waals surface area contributed by atoms with Gasteiger partial charge in [-0.3, -0.25) is 0 Å². The Morgan fingerprint density at radius 2 is 2.24 bits per heavy atom. The number of imidazole rings is 1. The molecule has 2 aromatic rings. The molecule has 1 aliphatic rings. The number of pyridine rings is 1. The van der Waals surface area contributed by atoms with E-state index in [0.29, 0.717) is 18.4 Å². The van der Waals surface area contributed by atoms with Crippen molar-refractivity contribution in [2.75, 3.05) is 6.54 Å². The molecular weight excluding hydrogens is 210 g/mol. The van der Waals surface area contributed by atoms with Gasteiger partial charge >= 0.3 is 0 Å². The van der Waals surface area contributed by atoms with E-state index in [2.05, 4.69) is 36.6 Å². The predicted molar refractivity (Wildman–Crippen MR) is 69.4 cm³/mol. The van der Waals surface area contributed by atoms with Crippen LogP contribution in [-0.2, 0) is 0 Å². The topological polar surface area (TPSA) is 43.3 Å². The van der Waals surface area contributed by atoms with Crippen LogP contribution in [0.5, 0.6) is 0 Å². The molecule has 1 atom stereocenters. The summed E-state index contributed by atoms with van der Waals surface area (Å²) in [6, 6.07) is 4.33. The second-order valence-electron chi connectivity index (χ2n) is 5.23. The third-order valence-corrected chi connectivity index (χ3v) is 3.60. The van der Waals surface area contributed by atoms with Gasteiger partial charge in [-0.25, -0.2) is 4.98 Å². The van der Waals surface area contributed by atoms with Crippen LogP contribution < -0.4 is 5.73 Å². The van der Waals surface area contributed by atoms with E-state index < -0.39 is 0 Å². The van der Waals surface area contributed by atoms with Gasteiger partial charge in [-0.05, 0) is 31.4 Å². The van der Waals surface area contributed by atoms with E-state index >= 15 is 0 Å². The van der Waals surface area contributed by atoms with Crippen molar-refractivity contribution in [3.8, 4) is 0 Å². The maximum Gasteiger partial charge on any atom is 0.116 e. The number of rotatable bonds is 3. The lowest BCUT2D eigenvalue weighted by molar-refractivity contribution is 0.751. The first kappa shape index (κ1) is 10.8. The maximum absolute atomic E-state index is 5.78. The summed E-state index contributed by atoms with van der Waals surface area (Å²) in [7, 11) is 0. The van der Waals surface area contributed by atoms with E-state index in [9.17, 15) is 0 Å². The second kappa shape index (κ2) is 3.84. The van der Waals surface area contributed by atoms with E-state index in [1.54, 1.807) is 0 Å². The molecule has 3 rings (SSSR count). The number of nitrogens with zero attached hydrogens (tertiary/aromatic N) is 2. The molecule has 2 heterocycles. The van der Waals surface area contributed by atoms with Crippen LogP contribution in [0.2, 0.25) is 0 Å². The van der Waals surface area contributed by atoms with Crippen LogP contribution in [0.4, 0.5) is 0 Å². The van der Waals surface area contributed by atoms with Gasteiger partial charge in [0.05, 0.1) is 11.2 Å². The van der Waals surface area contributed by atoms with Gasteiger partial charge in [0.1, 0.15) is 5.82 Å². The summed E-state index contributed by atoms with van der Waals surface area (Å²) in [6.07, 6.45) is 4.76. The molecule has 0 radical (unpaired) electrons. The Balaban J connectivity index is 2.22. The minimum absolute atomic E-state index is 0.334. The molecule has 0 amide bonds. The Kier molecular flexibility index (Phi) is 2.44. The highest BCUT2D eigenvalue weighted by molar-refractivity contribution is 5.56. The van der Waals surface area contributed by atoms with Crippen LogP contribution in [-0.4, -0.2) is 15.9 Å². The smallest absolute Gasteiger partial charge is 0.116 e. The van der Waals surface area contributed by atoms with Crippen molar-refractivity contribution in [2.45, 2.75) is 38.5 Å². The molecule has 1 unspecified atom stereocenters. The quantitative estimate of drug-likeness (QED) is 0.879. The molecule has 90 valence electrons. The van der Waals surface area contributed by atoms with Crippen LogP contribution in [0, 0.1) is 6.92 Å². The van der Waals surface area contributed by atoms with Gasteiger partial charge in [0.15, 0.2) is 0 Å². The second-order valence-corrected chi connectivity index (χ2v) is 5.23. The molecule has 0 bridgehead atoms. The summed E-state index contributed by atoms with van der Waals surface area (Å²) in [5, 5.41) is 0. The van der Waals surface area contributed by atoms with E-state index in [1.807, 2.05) is 0 Å². The monoisotopic (exact) mass is 229 g/mol. The van der Waals surface area contributed by atoms with E-state index in [4.69, 9.17) is 10.7 Å². The molecule has 3 nitrogen and oxygen atoms in total. The van der Waals surface area contributed by atoms with Crippen LogP contribution in [0.25, 0.3) is 5.52 Å². The first-order valence-corrected chi connectivity index (χ1v) is 6.39. The van der Waals surface area contributed by atoms with Crippen molar-refractivity contribution in [3.63, 3.8) is 0 Å². The lowest BCUT2D eigenvalue weighted by Gasteiger charge is -2.05. The van der Waals surface area contributed by atoms with E-state index in [-0.39, 0.29) is 0 Å². The molecule has 1 aliphatic carbocycles. The Hall–Kier alpha value is -1.35. The van der Waals surface area contributed by atoms with Crippen LogP contribution in [0.1, 0.15) is 48.7 Å². The lowest BCUT2D eigenvalue weighted by Crippen LogP contribution is -2.09. The molecule has 17 heavy (non-hydrogen) atoms. The fraction of sp³-hybridized carbons (Fsp3) is 0.500. The number of fused-ring (bicyclic) bond motifs is 1. The summed E-state index contributed by atoms with van der Waals surface area (Å²) < 4.78 is 2.27. The standard InChI is InChI=1S/C14H19N3/c1-9-3-6-12-13(10(2)7-15)16-14(11-4-5-11)17(12)8-9/h3,6,8,10-11H,4-5,7,15H2,1-2H3. The third kappa shape index (κ3) is 1.75. The fourth-order valence-electron chi connectivity index (χ4n) is 2.34. The Morgan fingerprint density at radius 1 is 1.47 bits per heavy atom. The van der Waals surface area contributed by atoms with Gasteiger partial charge in [-0.15, -0.1) is 0 Å². The molecular formula is C14H19N3. The average molecular weight is 229 g/mol. The summed E-state index contributed by atoms with van der Waals surface area (Å²) >= 11 is 0. The molecule has 0 aromatic carbocycles. The van der Waals surface area contributed by atoms with Crippen LogP contribution >= 0.6 is 0 Å². The minimum atomic E-state index is 0.334. The minimum Gasteiger partial charge on any atom is -0.330 e. The van der Waals surface area contributed by atoms with E-state index in [1.165, 1.54) is 29.7 Å². The molecule has 0 saturated heterocycles. The highest BCUT2D eigenvalue weighted by atomic mass is 15.0. The highest BCUT2D eigenvalue weighted by Crippen LogP contribution is 2.40. The molecule has 0 aliphatic heterocycles. The van der Waals surface area contributed by atoms with Crippen LogP contribution in [0.3, 0.4) is 0 Å². The molecule has 3 heteroatoms. The first-order valence-electron chi connectivity index (χ1n) is 6.39. The maximum atomic E-state index is 5.78. The number of hydrogen-bond acceptors (Lipinski definition) is 2. The fourth-order valence-corrected chi connectivity index (χ4v) is 2.34. The number of nitrogens with two attached hydrogens (primary N) is 1. The van der Waals surface area contributed by atoms with Gasteiger partial charge in [-0.2, -0.15) is 0 Å². The Bertz CT molecular complexity index is 552. The van der Waals surface area contributed by atoms with Gasteiger partial charge < -0.3 is 10.1 Å². The van der Waals surface area contributed by atoms with Crippen LogP contribution in [0.15, 0.2) is 18.3 Å². The molecule has 1 fully saturated rings. The van der Waals surface area contributed by atoms with Crippen molar-refractivity contribution in [1.82, 2.24) is 9.38 Å². The third-order valence-electron chi connectivity index (χ3n) is 3.60. The number of aryl methyl sites for hydroxylation is 1. The van der Waals surface area contributed by atoms with Crippen molar-refractivity contribution in [3.05, 3.63) is 35.4 Å². The number of aromatic nitrogens is 2. The van der Waals surface area contributed by atoms with Gasteiger partial charge in [0.2, 0.25) is 0 Å². The summed E-state index contributed by atoms with van der Waals surface area (Å²) in [5.74, 6) is 2.24. The summed E-state index contributed by atoms with van der Waals surface area (Å²) in [6.45, 7) is 4.94. The zero-order chi connectivity index (χ0) is 12.0. The molecule has 1 saturated carbocycles. The molecule has 2 N–H and O–H groups in total. The average Bonchev–Trinajstić information content (AvgIpc) is 3.10.